The molecule has 0 bridgehead atoms. The van der Waals surface area contributed by atoms with Gasteiger partial charge in [-0.15, -0.1) is 0 Å². The summed E-state index contributed by atoms with van der Waals surface area (Å²) in [5.41, 5.74) is 2.23. The maximum atomic E-state index is 14.0. The van der Waals surface area contributed by atoms with E-state index in [1.54, 1.807) is 30.3 Å². The number of unbranched alkanes of at least 4 members (excludes halogenated alkanes) is 2. The summed E-state index contributed by atoms with van der Waals surface area (Å²) in [5, 5.41) is 36.3. The number of ketones is 1. The minimum absolute atomic E-state index is 0.0212. The summed E-state index contributed by atoms with van der Waals surface area (Å²) in [6.45, 7) is 15.2. The predicted octanol–water partition coefficient (Wildman–Crippen LogP) is 7.11. The third kappa shape index (κ3) is 11.9. The van der Waals surface area contributed by atoms with Crippen LogP contribution in [0.25, 0.3) is 11.4 Å². The highest BCUT2D eigenvalue weighted by Gasteiger charge is 2.64. The van der Waals surface area contributed by atoms with E-state index in [-0.39, 0.29) is 79.0 Å². The molecule has 66 heavy (non-hydrogen) atoms. The zero-order valence-electron chi connectivity index (χ0n) is 38.9. The molecule has 352 valence electrons. The Balaban J connectivity index is 0.875. The van der Waals surface area contributed by atoms with Crippen LogP contribution in [0.5, 0.6) is 5.75 Å². The molecule has 3 atom stereocenters. The number of H-pyrrole nitrogens is 1. The zero-order valence-corrected chi connectivity index (χ0v) is 39.7. The number of hydrogen-bond donors (Lipinski definition) is 5. The van der Waals surface area contributed by atoms with Crippen molar-refractivity contribution in [1.82, 2.24) is 30.7 Å². The summed E-state index contributed by atoms with van der Waals surface area (Å²) in [6.07, 6.45) is 2.96. The fourth-order valence-electron chi connectivity index (χ4n) is 9.46. The number of β-amino-alcohol motifs (C(OH)–C–C–N with tert-alkyl or cyclic N) is 1. The van der Waals surface area contributed by atoms with Crippen LogP contribution in [0.15, 0.2) is 73.1 Å². The van der Waals surface area contributed by atoms with Crippen LogP contribution < -0.4 is 20.7 Å². The van der Waals surface area contributed by atoms with Crippen molar-refractivity contribution in [3.8, 4) is 23.2 Å². The van der Waals surface area contributed by atoms with Gasteiger partial charge >= 0.3 is 0 Å². The highest BCUT2D eigenvalue weighted by molar-refractivity contribution is 6.31. The van der Waals surface area contributed by atoms with E-state index < -0.39 is 23.5 Å². The smallest absolute Gasteiger partial charge is 0.251 e. The number of aromatic nitrogens is 3. The van der Waals surface area contributed by atoms with Gasteiger partial charge in [-0.1, -0.05) is 84.3 Å². The molecule has 1 aliphatic heterocycles. The Kier molecular flexibility index (Phi) is 15.9. The van der Waals surface area contributed by atoms with Gasteiger partial charge in [-0.3, -0.25) is 24.3 Å². The molecule has 3 aromatic carbocycles. The van der Waals surface area contributed by atoms with Gasteiger partial charge < -0.3 is 35.4 Å². The number of aliphatic hydroxyl groups is 1. The van der Waals surface area contributed by atoms with Gasteiger partial charge in [0.25, 0.3) is 5.91 Å². The van der Waals surface area contributed by atoms with Crippen LogP contribution in [0, 0.1) is 33.5 Å². The Hall–Kier alpha value is -5.82. The maximum absolute atomic E-state index is 14.0. The highest BCUT2D eigenvalue weighted by atomic mass is 35.5. The number of nitriles is 1. The van der Waals surface area contributed by atoms with Gasteiger partial charge in [-0.25, -0.2) is 4.98 Å². The standard InChI is InChI=1S/C50H63ClN8O7/c1-48(2,3)39(45(64)59-28-36(60)24-41(59)44(63)54-27-31-11-13-32(14-12-31)42-55-30-56-58-42)23-37(61)29-65-22-10-8-9-21-53-35-18-15-33(16-19-35)43(62)57-46-49(4,5)47(50(46,6)7)66-38-20-17-34(26-52)40(51)25-38/h11-20,25,30,36,39,41,46-47,53,60H,8-10,21-24,27-29H2,1-7H3,(H,54,63)(H,57,62)(H,55,56,58)/t36-,39-,41+,46?,47?/m1/s1. The summed E-state index contributed by atoms with van der Waals surface area (Å²) >= 11 is 6.24. The number of likely N-dealkylation sites (tertiary alicyclic amines) is 1. The molecule has 1 saturated carbocycles. The summed E-state index contributed by atoms with van der Waals surface area (Å²) < 4.78 is 12.1. The van der Waals surface area contributed by atoms with Crippen molar-refractivity contribution in [2.24, 2.45) is 22.2 Å². The minimum Gasteiger partial charge on any atom is -0.489 e. The molecule has 1 saturated heterocycles. The first-order chi connectivity index (χ1) is 31.3. The highest BCUT2D eigenvalue weighted by Crippen LogP contribution is 2.55. The zero-order chi connectivity index (χ0) is 47.8. The van der Waals surface area contributed by atoms with E-state index in [4.69, 9.17) is 21.1 Å². The van der Waals surface area contributed by atoms with Crippen LogP contribution in [0.4, 0.5) is 5.69 Å². The Morgan fingerprint density at radius 2 is 1.71 bits per heavy atom. The number of nitrogens with one attached hydrogen (secondary N) is 4. The molecule has 2 heterocycles. The van der Waals surface area contributed by atoms with Crippen molar-refractivity contribution in [2.45, 2.75) is 111 Å². The van der Waals surface area contributed by atoms with Crippen molar-refractivity contribution in [1.29, 1.82) is 5.26 Å². The molecule has 1 aromatic heterocycles. The Morgan fingerprint density at radius 3 is 2.35 bits per heavy atom. The molecule has 1 aliphatic carbocycles. The first-order valence-electron chi connectivity index (χ1n) is 22.6. The normalized spacial score (nSPS) is 20.1. The molecule has 5 N–H and O–H groups in total. The van der Waals surface area contributed by atoms with Crippen LogP contribution in [0.1, 0.15) is 102 Å². The maximum Gasteiger partial charge on any atom is 0.251 e. The predicted molar refractivity (Wildman–Crippen MR) is 251 cm³/mol. The average Bonchev–Trinajstić information content (AvgIpc) is 3.97. The molecule has 0 radical (unpaired) electrons. The molecule has 2 fully saturated rings. The van der Waals surface area contributed by atoms with Crippen molar-refractivity contribution < 1.29 is 33.8 Å². The molecule has 16 heteroatoms. The van der Waals surface area contributed by atoms with Crippen LogP contribution in [-0.2, 0) is 25.7 Å². The second-order valence-corrected chi connectivity index (χ2v) is 20.1. The van der Waals surface area contributed by atoms with Crippen molar-refractivity contribution in [2.75, 3.05) is 31.6 Å². The van der Waals surface area contributed by atoms with Crippen molar-refractivity contribution in [3.63, 3.8) is 0 Å². The SMILES string of the molecule is CC1(C)C(NC(=O)c2ccc(NCCCCCOCC(=O)C[C@H](C(=O)N3C[C@H](O)C[C@H]3C(=O)NCc3ccc(-c4ncn[nH]4)cc3)C(C)(C)C)cc2)C(C)(C)C1Oc1ccc(C#N)c(Cl)c1. The topological polar surface area (TPSA) is 212 Å². The summed E-state index contributed by atoms with van der Waals surface area (Å²) in [7, 11) is 0. The average molecular weight is 924 g/mol. The number of anilines is 1. The molecule has 4 aromatic rings. The number of hydrogen-bond acceptors (Lipinski definition) is 11. The molecule has 6 rings (SSSR count). The molecule has 0 spiro atoms. The number of aliphatic hydroxyl groups excluding tert-OH is 1. The Bertz CT molecular complexity index is 2340. The molecular formula is C50H63ClN8O7. The lowest BCUT2D eigenvalue weighted by atomic mass is 9.49. The second kappa shape index (κ2) is 21.2. The van der Waals surface area contributed by atoms with Crippen LogP contribution in [0.3, 0.4) is 0 Å². The van der Waals surface area contributed by atoms with Crippen molar-refractivity contribution in [3.05, 3.63) is 94.8 Å². The monoisotopic (exact) mass is 922 g/mol. The van der Waals surface area contributed by atoms with E-state index in [1.165, 1.54) is 11.2 Å². The van der Waals surface area contributed by atoms with E-state index in [9.17, 15) is 29.5 Å². The van der Waals surface area contributed by atoms with Crippen LogP contribution in [-0.4, -0.2) is 99.3 Å². The Labute approximate surface area is 392 Å². The molecule has 0 unspecified atom stereocenters. The lowest BCUT2D eigenvalue weighted by molar-refractivity contribution is -0.164. The van der Waals surface area contributed by atoms with E-state index >= 15 is 0 Å². The molecular weight excluding hydrogens is 860 g/mol. The number of benzene rings is 3. The third-order valence-electron chi connectivity index (χ3n) is 12.9. The number of Topliss-reactive ketones (excluding diaryl/α,β-unsaturated/α-hetero) is 1. The van der Waals surface area contributed by atoms with E-state index in [1.807, 2.05) is 57.2 Å². The van der Waals surface area contributed by atoms with Gasteiger partial charge in [0.2, 0.25) is 11.8 Å². The van der Waals surface area contributed by atoms with Crippen LogP contribution in [0.2, 0.25) is 5.02 Å². The summed E-state index contributed by atoms with van der Waals surface area (Å²) in [5.74, 6) is -0.528. The molecule has 2 aliphatic rings. The van der Waals surface area contributed by atoms with Gasteiger partial charge in [-0.05, 0) is 66.6 Å². The van der Waals surface area contributed by atoms with Gasteiger partial charge in [0.05, 0.1) is 16.7 Å². The van der Waals surface area contributed by atoms with E-state index in [2.05, 4.69) is 64.9 Å². The van der Waals surface area contributed by atoms with E-state index in [0.717, 1.165) is 42.6 Å². The first-order valence-corrected chi connectivity index (χ1v) is 23.0. The number of nitrogens with zero attached hydrogens (tertiary/aromatic N) is 4. The van der Waals surface area contributed by atoms with E-state index in [0.29, 0.717) is 34.3 Å². The summed E-state index contributed by atoms with van der Waals surface area (Å²) in [6, 6.07) is 21.0. The van der Waals surface area contributed by atoms with Crippen LogP contribution >= 0.6 is 11.6 Å². The van der Waals surface area contributed by atoms with Gasteiger partial charge in [0.15, 0.2) is 11.6 Å². The number of amides is 3. The number of carbonyl (C=O) groups excluding carboxylic acids is 4. The largest absolute Gasteiger partial charge is 0.489 e. The minimum atomic E-state index is -0.851. The molecule has 3 amide bonds. The number of rotatable bonds is 20. The second-order valence-electron chi connectivity index (χ2n) is 19.7. The number of ether oxygens (including phenoxy) is 2. The quantitative estimate of drug-likeness (QED) is 0.0564. The van der Waals surface area contributed by atoms with Gasteiger partial charge in [0.1, 0.15) is 36.9 Å². The number of carbonyl (C=O) groups is 4. The number of halogens is 1. The van der Waals surface area contributed by atoms with Crippen molar-refractivity contribution >= 4 is 40.8 Å². The Morgan fingerprint density at radius 1 is 1.00 bits per heavy atom. The lowest BCUT2D eigenvalue weighted by Gasteiger charge is -2.63. The third-order valence-corrected chi connectivity index (χ3v) is 13.2. The first kappa shape index (κ1) is 49.6. The lowest BCUT2D eigenvalue weighted by Crippen LogP contribution is -2.74. The fraction of sp³-hybridized carbons (Fsp3) is 0.500. The fourth-order valence-corrected chi connectivity index (χ4v) is 9.68. The van der Waals surface area contributed by atoms with Gasteiger partial charge in [-0.2, -0.15) is 10.4 Å². The summed E-state index contributed by atoms with van der Waals surface area (Å²) in [4.78, 5) is 59.5. The molecule has 15 nitrogen and oxygen atoms in total. The van der Waals surface area contributed by atoms with Gasteiger partial charge in [0, 0.05) is 84.8 Å². The number of aromatic amines is 1.